The van der Waals surface area contributed by atoms with Crippen molar-refractivity contribution in [3.63, 3.8) is 0 Å². The quantitative estimate of drug-likeness (QED) is 0.122. The van der Waals surface area contributed by atoms with Crippen LogP contribution in [0.4, 0.5) is 13.2 Å². The van der Waals surface area contributed by atoms with Crippen LogP contribution < -0.4 is 31.9 Å². The number of nitrogens with zero attached hydrogens (tertiary/aromatic N) is 6. The van der Waals surface area contributed by atoms with Crippen molar-refractivity contribution < 1.29 is 18.0 Å². The van der Waals surface area contributed by atoms with Gasteiger partial charge in [-0.2, -0.15) is 13.2 Å². The number of carbonyl (C=O) groups is 1. The zero-order valence-corrected chi connectivity index (χ0v) is 59.3. The number of aliphatic imine (C=N–C) groups is 1. The molecule has 6 N–H and O–H groups in total. The molecule has 0 radical (unpaired) electrons. The molecule has 12 atom stereocenters. The van der Waals surface area contributed by atoms with Gasteiger partial charge in [0, 0.05) is 179 Å². The monoisotopic (exact) mass is 1300 g/mol. The number of hydrogen-bond acceptors (Lipinski definition) is 12. The Morgan fingerprint density at radius 2 is 1.49 bits per heavy atom. The van der Waals surface area contributed by atoms with Gasteiger partial charge in [0.1, 0.15) is 0 Å². The van der Waals surface area contributed by atoms with Gasteiger partial charge in [0.2, 0.25) is 5.91 Å². The van der Waals surface area contributed by atoms with Crippen molar-refractivity contribution in [1.82, 2.24) is 56.4 Å². The minimum Gasteiger partial charge on any atom is -0.369 e. The van der Waals surface area contributed by atoms with Crippen molar-refractivity contribution in [2.75, 3.05) is 66.5 Å². The number of rotatable bonds is 12. The molecule has 7 rings (SSSR count). The summed E-state index contributed by atoms with van der Waals surface area (Å²) in [5.41, 5.74) is 4.21. The molecule has 1 amide bonds. The maximum atomic E-state index is 14.9. The number of nitrogens with one attached hydrogen (secondary N) is 6. The SMILES string of the molecule is CC[C@H](C)[C@H]1C(C)NC2(CCCC2)CNCCN=CC=C(CCc2ccc(C(F)(F)F)c(Cl)c2)NC=CN(C)C=C(Cc2ccc(Cl)cc2)N(C)C=C2CCCN2[C@@H](C)C(C)N[C@@H]([C@@H](C)CC)CN[C@@H](CC(C)C)C(C)NCC2[C@@H](C(=O)N3CCCCC3)C(C)N21. The van der Waals surface area contributed by atoms with Crippen molar-refractivity contribution in [3.05, 3.63) is 117 Å². The van der Waals surface area contributed by atoms with Crippen molar-refractivity contribution in [1.29, 1.82) is 0 Å². The Morgan fingerprint density at radius 3 is 2.16 bits per heavy atom. The Kier molecular flexibility index (Phi) is 29.0. The molecule has 4 fully saturated rings. The maximum absolute atomic E-state index is 14.9. The number of hydrogen-bond donors (Lipinski definition) is 6. The number of carbonyl (C=O) groups excluding carboxylic acids is 1. The first kappa shape index (κ1) is 74.3. The van der Waals surface area contributed by atoms with Crippen LogP contribution in [0.2, 0.25) is 10.0 Å². The molecular formula is C73H117Cl2F3N12O. The molecule has 1 spiro atoms. The first-order valence-electron chi connectivity index (χ1n) is 35.0. The van der Waals surface area contributed by atoms with Gasteiger partial charge in [-0.3, -0.25) is 14.7 Å². The molecule has 4 heterocycles. The molecule has 0 aromatic heterocycles. The summed E-state index contributed by atoms with van der Waals surface area (Å²) < 4.78 is 41.1. The van der Waals surface area contributed by atoms with E-state index in [1.165, 1.54) is 37.1 Å². The third-order valence-electron chi connectivity index (χ3n) is 21.0. The second-order valence-electron chi connectivity index (χ2n) is 28.3. The fourth-order valence-electron chi connectivity index (χ4n) is 15.1. The summed E-state index contributed by atoms with van der Waals surface area (Å²) in [6.45, 7) is 32.5. The van der Waals surface area contributed by atoms with Gasteiger partial charge in [-0.15, -0.1) is 0 Å². The van der Waals surface area contributed by atoms with Crippen molar-refractivity contribution >= 4 is 35.3 Å². The summed E-state index contributed by atoms with van der Waals surface area (Å²) in [5, 5.41) is 24.6. The standard InChI is InChI=1S/C73H117Cl2F3N12O/c1-14-51(5)67-45-83-66(42-50(3)4)54(8)82-46-68-69(71(91)88-38-19-16-20-39-88)57(11)90(68)70(52(6)15-2)55(9)85-72(32-17-18-33-72)49-80-36-35-79-34-31-61(29-25-59-26-30-64(65(75)44-59)73(76,77)78)81-37-41-86(12)47-63(43-58-23-27-60(74)28-24-58)87(13)48-62-22-21-40-89(62)56(10)53(7)84-67/h23-24,26-28,30-31,34,37,41,44,47-48,50-57,66-70,80-85H,14-22,25,29,32-33,35-36,38-40,42-43,45-46,49H2,1-13H3/t51-,52-,53?,54?,55?,56-,57?,66-,67+,68?,69-,70-/m0/s1. The van der Waals surface area contributed by atoms with Gasteiger partial charge >= 0.3 is 6.18 Å². The summed E-state index contributed by atoms with van der Waals surface area (Å²) in [7, 11) is 4.16. The van der Waals surface area contributed by atoms with Crippen LogP contribution in [-0.2, 0) is 23.8 Å². The Labute approximate surface area is 557 Å². The first-order valence-corrected chi connectivity index (χ1v) is 35.8. The molecule has 510 valence electrons. The average Bonchev–Trinajstić information content (AvgIpc) is 1.03. The van der Waals surface area contributed by atoms with Gasteiger partial charge in [-0.05, 0) is 158 Å². The molecule has 4 aliphatic heterocycles. The molecular weight excluding hydrogens is 1190 g/mol. The van der Waals surface area contributed by atoms with E-state index in [0.717, 1.165) is 120 Å². The second kappa shape index (κ2) is 35.6. The smallest absolute Gasteiger partial charge is 0.369 e. The van der Waals surface area contributed by atoms with Crippen LogP contribution in [0.3, 0.4) is 0 Å². The van der Waals surface area contributed by atoms with Crippen LogP contribution in [0.5, 0.6) is 0 Å². The first-order chi connectivity index (χ1) is 43.4. The zero-order valence-electron chi connectivity index (χ0n) is 57.8. The Hall–Kier alpha value is -4.13. The van der Waals surface area contributed by atoms with Gasteiger partial charge in [0.25, 0.3) is 0 Å². The van der Waals surface area contributed by atoms with Crippen molar-refractivity contribution in [2.24, 2.45) is 28.7 Å². The van der Waals surface area contributed by atoms with Crippen LogP contribution in [0, 0.1) is 23.7 Å². The number of aryl methyl sites for hydroxylation is 1. The highest BCUT2D eigenvalue weighted by Gasteiger charge is 2.55. The fraction of sp³-hybridized carbons (Fsp3) is 0.699. The second-order valence-corrected chi connectivity index (χ2v) is 29.1. The van der Waals surface area contributed by atoms with Gasteiger partial charge < -0.3 is 51.5 Å². The lowest BCUT2D eigenvalue weighted by Gasteiger charge is -2.60. The number of allylic oxidation sites excluding steroid dienone is 4. The van der Waals surface area contributed by atoms with E-state index < -0.39 is 11.7 Å². The molecule has 91 heavy (non-hydrogen) atoms. The van der Waals surface area contributed by atoms with E-state index in [0.29, 0.717) is 66.6 Å². The van der Waals surface area contributed by atoms with E-state index in [1.54, 1.807) is 0 Å². The predicted octanol–water partition coefficient (Wildman–Crippen LogP) is 13.6. The number of amides is 1. The Morgan fingerprint density at radius 1 is 0.791 bits per heavy atom. The highest BCUT2D eigenvalue weighted by atomic mass is 35.5. The number of likely N-dealkylation sites (N-methyl/N-ethyl adjacent to an activating group) is 1. The normalized spacial score (nSPS) is 28.7. The summed E-state index contributed by atoms with van der Waals surface area (Å²) >= 11 is 12.6. The minimum absolute atomic E-state index is 0.0628. The lowest BCUT2D eigenvalue weighted by atomic mass is 9.74. The lowest BCUT2D eigenvalue weighted by Crippen LogP contribution is -2.76. The number of halogens is 5. The molecule has 5 unspecified atom stereocenters. The van der Waals surface area contributed by atoms with Crippen molar-refractivity contribution in [2.45, 2.75) is 239 Å². The summed E-state index contributed by atoms with van der Waals surface area (Å²) in [5.74, 6) is 1.64. The largest absolute Gasteiger partial charge is 0.417 e. The van der Waals surface area contributed by atoms with E-state index in [9.17, 15) is 18.0 Å². The third kappa shape index (κ3) is 21.2. The fourth-order valence-corrected chi connectivity index (χ4v) is 15.5. The molecule has 0 bridgehead atoms. The Balaban J connectivity index is 1.21. The summed E-state index contributed by atoms with van der Waals surface area (Å²) in [6, 6.07) is 13.8. The number of piperidine rings is 1. The van der Waals surface area contributed by atoms with Gasteiger partial charge in [-0.25, -0.2) is 0 Å². The number of fused-ring (bicyclic) bond motifs is 2. The van der Waals surface area contributed by atoms with Crippen LogP contribution in [0.25, 0.3) is 0 Å². The molecule has 18 heteroatoms. The van der Waals surface area contributed by atoms with E-state index in [-0.39, 0.29) is 70.9 Å². The maximum Gasteiger partial charge on any atom is 0.417 e. The van der Waals surface area contributed by atoms with Gasteiger partial charge in [-0.1, -0.05) is 109 Å². The zero-order chi connectivity index (χ0) is 66.0. The predicted molar refractivity (Wildman–Crippen MR) is 374 cm³/mol. The number of likely N-dealkylation sites (tertiary alicyclic amines) is 1. The molecule has 13 nitrogen and oxygen atoms in total. The summed E-state index contributed by atoms with van der Waals surface area (Å²) in [6.07, 6.45) is 22.4. The topological polar surface area (TPSA) is 118 Å². The van der Waals surface area contributed by atoms with Gasteiger partial charge in [0.05, 0.1) is 23.0 Å². The van der Waals surface area contributed by atoms with Crippen molar-refractivity contribution in [3.8, 4) is 0 Å². The van der Waals surface area contributed by atoms with Crippen LogP contribution >= 0.6 is 23.2 Å². The van der Waals surface area contributed by atoms with Crippen LogP contribution in [0.1, 0.15) is 176 Å². The van der Waals surface area contributed by atoms with E-state index in [4.69, 9.17) is 28.2 Å². The van der Waals surface area contributed by atoms with E-state index in [2.05, 4.69) is 159 Å². The molecule has 2 aromatic carbocycles. The highest BCUT2D eigenvalue weighted by Crippen LogP contribution is 2.42. The molecule has 1 saturated carbocycles. The van der Waals surface area contributed by atoms with E-state index in [1.807, 2.05) is 48.8 Å². The Bertz CT molecular complexity index is 2710. The van der Waals surface area contributed by atoms with Gasteiger partial charge in [0.15, 0.2) is 0 Å². The molecule has 1 aliphatic carbocycles. The van der Waals surface area contributed by atoms with E-state index >= 15 is 0 Å². The highest BCUT2D eigenvalue weighted by molar-refractivity contribution is 6.31. The average molecular weight is 1310 g/mol. The molecule has 5 aliphatic rings. The summed E-state index contributed by atoms with van der Waals surface area (Å²) in [4.78, 5) is 31.6. The third-order valence-corrected chi connectivity index (χ3v) is 21.6. The molecule has 2 aromatic rings. The van der Waals surface area contributed by atoms with Crippen LogP contribution in [0.15, 0.2) is 95.4 Å². The lowest BCUT2D eigenvalue weighted by molar-refractivity contribution is -0.162. The van der Waals surface area contributed by atoms with Crippen LogP contribution in [-0.4, -0.2) is 163 Å². The number of alkyl halides is 3. The minimum atomic E-state index is -4.53. The number of benzene rings is 2. The molecule has 3 saturated heterocycles.